The van der Waals surface area contributed by atoms with Crippen molar-refractivity contribution in [3.05, 3.63) is 94.4 Å². The molecule has 5 rings (SSSR count). The van der Waals surface area contributed by atoms with E-state index in [-0.39, 0.29) is 16.7 Å². The maximum Gasteiger partial charge on any atom is 0.210 e. The van der Waals surface area contributed by atoms with Crippen molar-refractivity contribution in [3.63, 3.8) is 0 Å². The van der Waals surface area contributed by atoms with Gasteiger partial charge in [0.15, 0.2) is 0 Å². The van der Waals surface area contributed by atoms with E-state index >= 15 is 0 Å². The molecule has 3 aromatic carbocycles. The SMILES string of the molecule is COc1ccc(S(=O)(=O)c2ccc([C@H](C)N3Cc4sccc43)cc2)c(S(=O)(=O)c2ccccc2F)c1. The maximum atomic E-state index is 14.4. The molecule has 0 amide bonds. The fraction of sp³-hybridized carbons (Fsp3) is 0.154. The van der Waals surface area contributed by atoms with Gasteiger partial charge in [-0.15, -0.1) is 11.3 Å². The molecule has 0 bridgehead atoms. The summed E-state index contributed by atoms with van der Waals surface area (Å²) in [6.45, 7) is 2.89. The molecule has 0 fully saturated rings. The van der Waals surface area contributed by atoms with Gasteiger partial charge in [-0.25, -0.2) is 21.2 Å². The highest BCUT2D eigenvalue weighted by molar-refractivity contribution is 7.94. The molecule has 0 radical (unpaired) electrons. The number of thiophene rings is 1. The highest BCUT2D eigenvalue weighted by atomic mass is 32.2. The van der Waals surface area contributed by atoms with Gasteiger partial charge < -0.3 is 9.64 Å². The Morgan fingerprint density at radius 3 is 2.28 bits per heavy atom. The molecule has 186 valence electrons. The van der Waals surface area contributed by atoms with Gasteiger partial charge in [-0.1, -0.05) is 24.3 Å². The first kappa shape index (κ1) is 24.5. The molecule has 1 aliphatic heterocycles. The standard InChI is InChI=1S/C26H22FNO5S3/c1-17(28-16-23-22(28)13-14-34-23)18-7-10-20(11-8-18)35(29,30)25-12-9-19(33-2)15-26(25)36(31,32)24-6-4-3-5-21(24)27/h3-15,17H,16H2,1-2H3/t17-/m0/s1. The van der Waals surface area contributed by atoms with Crippen LogP contribution in [0.25, 0.3) is 0 Å². The smallest absolute Gasteiger partial charge is 0.210 e. The van der Waals surface area contributed by atoms with Gasteiger partial charge in [-0.3, -0.25) is 0 Å². The number of methoxy groups -OCH3 is 1. The zero-order valence-corrected chi connectivity index (χ0v) is 21.8. The summed E-state index contributed by atoms with van der Waals surface area (Å²) in [5, 5.41) is 2.05. The highest BCUT2D eigenvalue weighted by Gasteiger charge is 2.32. The summed E-state index contributed by atoms with van der Waals surface area (Å²) in [6.07, 6.45) is 0. The van der Waals surface area contributed by atoms with Gasteiger partial charge in [0.05, 0.1) is 40.1 Å². The van der Waals surface area contributed by atoms with Crippen LogP contribution in [0.2, 0.25) is 0 Å². The molecule has 0 spiro atoms. The van der Waals surface area contributed by atoms with Gasteiger partial charge in [0, 0.05) is 10.9 Å². The van der Waals surface area contributed by atoms with Crippen molar-refractivity contribution in [1.82, 2.24) is 0 Å². The quantitative estimate of drug-likeness (QED) is 0.300. The lowest BCUT2D eigenvalue weighted by atomic mass is 10.0. The molecule has 0 N–H and O–H groups in total. The van der Waals surface area contributed by atoms with Gasteiger partial charge >= 0.3 is 0 Å². The normalized spacial score (nSPS) is 14.1. The van der Waals surface area contributed by atoms with E-state index in [4.69, 9.17) is 4.74 Å². The third kappa shape index (κ3) is 3.99. The molecule has 0 saturated carbocycles. The van der Waals surface area contributed by atoms with E-state index in [1.807, 2.05) is 6.92 Å². The van der Waals surface area contributed by atoms with Crippen LogP contribution in [0.3, 0.4) is 0 Å². The van der Waals surface area contributed by atoms with Crippen LogP contribution >= 0.6 is 11.3 Å². The Hall–Kier alpha value is -3.21. The molecule has 0 aliphatic carbocycles. The number of halogens is 1. The first-order valence-corrected chi connectivity index (χ1v) is 14.8. The minimum atomic E-state index is -4.52. The highest BCUT2D eigenvalue weighted by Crippen LogP contribution is 2.43. The molecule has 0 unspecified atom stereocenters. The number of anilines is 1. The molecular weight excluding hydrogens is 521 g/mol. The Morgan fingerprint density at radius 1 is 0.889 bits per heavy atom. The van der Waals surface area contributed by atoms with Crippen LogP contribution < -0.4 is 9.64 Å². The monoisotopic (exact) mass is 543 g/mol. The van der Waals surface area contributed by atoms with Gasteiger partial charge in [-0.05, 0) is 60.3 Å². The molecule has 36 heavy (non-hydrogen) atoms. The summed E-state index contributed by atoms with van der Waals surface area (Å²) in [6, 6.07) is 17.0. The molecule has 2 heterocycles. The Morgan fingerprint density at radius 2 is 1.61 bits per heavy atom. The number of sulfone groups is 2. The second-order valence-electron chi connectivity index (χ2n) is 8.35. The molecule has 1 aliphatic rings. The van der Waals surface area contributed by atoms with Crippen molar-refractivity contribution in [1.29, 1.82) is 0 Å². The minimum Gasteiger partial charge on any atom is -0.497 e. The maximum absolute atomic E-state index is 14.4. The van der Waals surface area contributed by atoms with E-state index in [0.717, 1.165) is 30.3 Å². The number of benzene rings is 3. The second kappa shape index (κ2) is 9.02. The molecule has 6 nitrogen and oxygen atoms in total. The van der Waals surface area contributed by atoms with Crippen LogP contribution in [0.4, 0.5) is 10.1 Å². The predicted octanol–water partition coefficient (Wildman–Crippen LogP) is 5.64. The molecule has 10 heteroatoms. The minimum absolute atomic E-state index is 0.0434. The lowest BCUT2D eigenvalue weighted by molar-refractivity contribution is 0.412. The van der Waals surface area contributed by atoms with Crippen LogP contribution in [-0.2, 0) is 26.2 Å². The summed E-state index contributed by atoms with van der Waals surface area (Å²) in [7, 11) is -7.44. The van der Waals surface area contributed by atoms with E-state index in [1.54, 1.807) is 23.5 Å². The molecule has 4 aromatic rings. The molecular formula is C26H22FNO5S3. The van der Waals surface area contributed by atoms with E-state index < -0.39 is 40.2 Å². The Bertz CT molecular complexity index is 1660. The van der Waals surface area contributed by atoms with E-state index in [9.17, 15) is 21.2 Å². The predicted molar refractivity (Wildman–Crippen MR) is 136 cm³/mol. The molecule has 0 saturated heterocycles. The van der Waals surface area contributed by atoms with Crippen LogP contribution in [0.5, 0.6) is 5.75 Å². The average Bonchev–Trinajstić information content (AvgIpc) is 3.23. The van der Waals surface area contributed by atoms with Crippen molar-refractivity contribution in [3.8, 4) is 5.75 Å². The Kier molecular flexibility index (Phi) is 6.14. The van der Waals surface area contributed by atoms with Crippen LogP contribution in [-0.4, -0.2) is 23.9 Å². The summed E-state index contributed by atoms with van der Waals surface area (Å²) < 4.78 is 73.6. The average molecular weight is 544 g/mol. The third-order valence-electron chi connectivity index (χ3n) is 6.34. The van der Waals surface area contributed by atoms with Crippen LogP contribution in [0, 0.1) is 5.82 Å². The van der Waals surface area contributed by atoms with Crippen molar-refractivity contribution in [2.24, 2.45) is 0 Å². The summed E-state index contributed by atoms with van der Waals surface area (Å²) >= 11 is 1.71. The van der Waals surface area contributed by atoms with Gasteiger partial charge in [-0.2, -0.15) is 0 Å². The number of hydrogen-bond donors (Lipinski definition) is 0. The van der Waals surface area contributed by atoms with Crippen molar-refractivity contribution in [2.45, 2.75) is 39.1 Å². The number of nitrogens with zero attached hydrogens (tertiary/aromatic N) is 1. The Labute approximate surface area is 213 Å². The number of hydrogen-bond acceptors (Lipinski definition) is 7. The largest absolute Gasteiger partial charge is 0.497 e. The lowest BCUT2D eigenvalue weighted by Crippen LogP contribution is -2.33. The van der Waals surface area contributed by atoms with Gasteiger partial charge in [0.1, 0.15) is 16.5 Å². The topological polar surface area (TPSA) is 80.8 Å². The molecule has 1 atom stereocenters. The number of fused-ring (bicyclic) bond motifs is 1. The van der Waals surface area contributed by atoms with Crippen LogP contribution in [0.1, 0.15) is 23.4 Å². The zero-order chi connectivity index (χ0) is 25.7. The summed E-state index contributed by atoms with van der Waals surface area (Å²) in [4.78, 5) is 1.89. The van der Waals surface area contributed by atoms with Gasteiger partial charge in [0.25, 0.3) is 0 Å². The fourth-order valence-corrected chi connectivity index (χ4v) is 8.55. The van der Waals surface area contributed by atoms with Crippen LogP contribution in [0.15, 0.2) is 97.8 Å². The van der Waals surface area contributed by atoms with E-state index in [2.05, 4.69) is 16.3 Å². The van der Waals surface area contributed by atoms with Gasteiger partial charge in [0.2, 0.25) is 19.7 Å². The summed E-state index contributed by atoms with van der Waals surface area (Å²) in [5.74, 6) is -0.836. The summed E-state index contributed by atoms with van der Waals surface area (Å²) in [5.41, 5.74) is 2.12. The number of ether oxygens (including phenoxy) is 1. The first-order valence-electron chi connectivity index (χ1n) is 11.0. The number of rotatable bonds is 7. The van der Waals surface area contributed by atoms with Crippen molar-refractivity contribution in [2.75, 3.05) is 12.0 Å². The van der Waals surface area contributed by atoms with Crippen molar-refractivity contribution < 1.29 is 26.0 Å². The lowest BCUT2D eigenvalue weighted by Gasteiger charge is -2.38. The zero-order valence-electron chi connectivity index (χ0n) is 19.4. The fourth-order valence-electron chi connectivity index (χ4n) is 4.26. The first-order chi connectivity index (χ1) is 17.1. The second-order valence-corrected chi connectivity index (χ2v) is 13.2. The van der Waals surface area contributed by atoms with Crippen molar-refractivity contribution >= 4 is 36.7 Å². The van der Waals surface area contributed by atoms with E-state index in [0.29, 0.717) is 0 Å². The molecule has 1 aromatic heterocycles. The third-order valence-corrected chi connectivity index (χ3v) is 11.0. The van der Waals surface area contributed by atoms with E-state index in [1.165, 1.54) is 54.1 Å². The Balaban J connectivity index is 1.54.